The normalized spacial score (nSPS) is 15.5. The summed E-state index contributed by atoms with van der Waals surface area (Å²) in [6, 6.07) is 14.0. The number of hydrogen-bond acceptors (Lipinski definition) is 6. The van der Waals surface area contributed by atoms with Gasteiger partial charge in [-0.25, -0.2) is 8.42 Å². The van der Waals surface area contributed by atoms with Crippen LogP contribution < -0.4 is 4.74 Å². The molecule has 33 heavy (non-hydrogen) atoms. The van der Waals surface area contributed by atoms with Crippen molar-refractivity contribution in [3.8, 4) is 5.75 Å². The molecular formula is C24H29N3O5S. The molecule has 8 nitrogen and oxygen atoms in total. The second-order valence-electron chi connectivity index (χ2n) is 8.22. The monoisotopic (exact) mass is 471 g/mol. The molecule has 3 aromatic rings. The van der Waals surface area contributed by atoms with Crippen LogP contribution in [0, 0.1) is 13.8 Å². The fraction of sp³-hybridized carbons (Fsp3) is 0.417. The fourth-order valence-corrected chi connectivity index (χ4v) is 6.00. The highest BCUT2D eigenvalue weighted by Gasteiger charge is 2.32. The Morgan fingerprint density at radius 3 is 2.64 bits per heavy atom. The third kappa shape index (κ3) is 5.04. The van der Waals surface area contributed by atoms with Crippen LogP contribution >= 0.6 is 0 Å². The van der Waals surface area contributed by atoms with Gasteiger partial charge in [0.05, 0.1) is 6.61 Å². The quantitative estimate of drug-likeness (QED) is 0.490. The van der Waals surface area contributed by atoms with Gasteiger partial charge in [-0.1, -0.05) is 41.6 Å². The average Bonchev–Trinajstić information content (AvgIpc) is 3.00. The van der Waals surface area contributed by atoms with Gasteiger partial charge >= 0.3 is 0 Å². The SMILES string of the molecule is Cc1noc(C)c1S(=O)(=O)N1CCCN(C(=O)CCCOc2cccc3ccccc23)CC1. The summed E-state index contributed by atoms with van der Waals surface area (Å²) in [6.07, 6.45) is 1.54. The zero-order valence-electron chi connectivity index (χ0n) is 19.0. The molecule has 0 N–H and O–H groups in total. The predicted molar refractivity (Wildman–Crippen MR) is 125 cm³/mol. The summed E-state index contributed by atoms with van der Waals surface area (Å²) in [5.74, 6) is 1.12. The minimum absolute atomic E-state index is 0.0214. The van der Waals surface area contributed by atoms with Crippen molar-refractivity contribution in [2.24, 2.45) is 0 Å². The smallest absolute Gasteiger partial charge is 0.248 e. The lowest BCUT2D eigenvalue weighted by atomic mass is 10.1. The highest BCUT2D eigenvalue weighted by molar-refractivity contribution is 7.89. The minimum Gasteiger partial charge on any atom is -0.493 e. The topological polar surface area (TPSA) is 93.0 Å². The van der Waals surface area contributed by atoms with Gasteiger partial charge in [0, 0.05) is 38.0 Å². The number of fused-ring (bicyclic) bond motifs is 1. The molecule has 0 spiro atoms. The van der Waals surface area contributed by atoms with Gasteiger partial charge in [0.25, 0.3) is 0 Å². The molecule has 0 aliphatic carbocycles. The molecule has 0 saturated carbocycles. The number of ether oxygens (including phenoxy) is 1. The first kappa shape index (κ1) is 23.3. The zero-order valence-corrected chi connectivity index (χ0v) is 19.8. The number of hydrogen-bond donors (Lipinski definition) is 0. The van der Waals surface area contributed by atoms with Gasteiger partial charge in [-0.3, -0.25) is 4.79 Å². The Kier molecular flexibility index (Phi) is 6.99. The fourth-order valence-electron chi connectivity index (χ4n) is 4.24. The molecule has 1 fully saturated rings. The van der Waals surface area contributed by atoms with Crippen LogP contribution in [0.5, 0.6) is 5.75 Å². The summed E-state index contributed by atoms with van der Waals surface area (Å²) < 4.78 is 38.5. The molecule has 2 heterocycles. The maximum atomic E-state index is 13.1. The minimum atomic E-state index is -3.70. The molecule has 176 valence electrons. The summed E-state index contributed by atoms with van der Waals surface area (Å²) >= 11 is 0. The van der Waals surface area contributed by atoms with Crippen LogP contribution in [0.2, 0.25) is 0 Å². The van der Waals surface area contributed by atoms with Crippen LogP contribution in [0.25, 0.3) is 10.8 Å². The second-order valence-corrected chi connectivity index (χ2v) is 10.1. The van der Waals surface area contributed by atoms with Crippen LogP contribution in [-0.4, -0.2) is 61.5 Å². The average molecular weight is 472 g/mol. The Morgan fingerprint density at radius 1 is 1.06 bits per heavy atom. The van der Waals surface area contributed by atoms with E-state index in [1.165, 1.54) is 4.31 Å². The van der Waals surface area contributed by atoms with Crippen molar-refractivity contribution >= 4 is 26.7 Å². The number of aryl methyl sites for hydroxylation is 2. The van der Waals surface area contributed by atoms with Crippen molar-refractivity contribution in [3.05, 3.63) is 53.9 Å². The van der Waals surface area contributed by atoms with Crippen LogP contribution in [0.1, 0.15) is 30.7 Å². The first-order chi connectivity index (χ1) is 15.9. The molecule has 1 saturated heterocycles. The summed E-state index contributed by atoms with van der Waals surface area (Å²) in [7, 11) is -3.70. The van der Waals surface area contributed by atoms with Gasteiger partial charge in [-0.15, -0.1) is 0 Å². The van der Waals surface area contributed by atoms with Crippen molar-refractivity contribution in [3.63, 3.8) is 0 Å². The molecule has 2 aromatic carbocycles. The van der Waals surface area contributed by atoms with E-state index in [0.717, 1.165) is 16.5 Å². The number of carbonyl (C=O) groups excluding carboxylic acids is 1. The number of amides is 1. The molecule has 1 amide bonds. The Bertz CT molecular complexity index is 1210. The third-order valence-electron chi connectivity index (χ3n) is 5.92. The second kappa shape index (κ2) is 9.93. The molecule has 0 atom stereocenters. The van der Waals surface area contributed by atoms with Gasteiger partial charge < -0.3 is 14.2 Å². The Labute approximate surface area is 194 Å². The van der Waals surface area contributed by atoms with E-state index in [2.05, 4.69) is 5.16 Å². The number of benzene rings is 2. The molecule has 1 aliphatic heterocycles. The molecule has 1 aliphatic rings. The maximum absolute atomic E-state index is 13.1. The highest BCUT2D eigenvalue weighted by Crippen LogP contribution is 2.26. The van der Waals surface area contributed by atoms with E-state index >= 15 is 0 Å². The van der Waals surface area contributed by atoms with Crippen molar-refractivity contribution in [2.75, 3.05) is 32.8 Å². The molecule has 1 aromatic heterocycles. The number of carbonyl (C=O) groups is 1. The number of rotatable bonds is 7. The Hall–Kier alpha value is -2.91. The summed E-state index contributed by atoms with van der Waals surface area (Å²) in [5.41, 5.74) is 0.357. The lowest BCUT2D eigenvalue weighted by molar-refractivity contribution is -0.131. The lowest BCUT2D eigenvalue weighted by Gasteiger charge is -2.22. The maximum Gasteiger partial charge on any atom is 0.248 e. The molecule has 0 unspecified atom stereocenters. The first-order valence-corrected chi connectivity index (χ1v) is 12.6. The van der Waals surface area contributed by atoms with Crippen LogP contribution in [0.15, 0.2) is 51.9 Å². The third-order valence-corrected chi connectivity index (χ3v) is 8.06. The summed E-state index contributed by atoms with van der Waals surface area (Å²) in [4.78, 5) is 14.6. The number of aromatic nitrogens is 1. The first-order valence-electron chi connectivity index (χ1n) is 11.2. The van der Waals surface area contributed by atoms with E-state index in [0.29, 0.717) is 51.2 Å². The molecule has 9 heteroatoms. The van der Waals surface area contributed by atoms with Gasteiger partial charge in [-0.2, -0.15) is 4.31 Å². The van der Waals surface area contributed by atoms with Gasteiger partial charge in [0.15, 0.2) is 5.76 Å². The van der Waals surface area contributed by atoms with Gasteiger partial charge in [-0.05, 0) is 38.1 Å². The van der Waals surface area contributed by atoms with Crippen molar-refractivity contribution in [1.82, 2.24) is 14.4 Å². The van der Waals surface area contributed by atoms with Crippen LogP contribution in [0.3, 0.4) is 0 Å². The van der Waals surface area contributed by atoms with E-state index in [4.69, 9.17) is 9.26 Å². The standard InChI is InChI=1S/C24H29N3O5S/c1-18-24(19(2)32-25-18)33(29,30)27-14-7-13-26(15-16-27)23(28)12-6-17-31-22-11-5-9-20-8-3-4-10-21(20)22/h3-5,8-11H,6-7,12-17H2,1-2H3. The number of nitrogens with zero attached hydrogens (tertiary/aromatic N) is 3. The van der Waals surface area contributed by atoms with E-state index in [1.807, 2.05) is 42.5 Å². The van der Waals surface area contributed by atoms with Crippen LogP contribution in [-0.2, 0) is 14.8 Å². The lowest BCUT2D eigenvalue weighted by Crippen LogP contribution is -2.37. The highest BCUT2D eigenvalue weighted by atomic mass is 32.2. The van der Waals surface area contributed by atoms with Crippen LogP contribution in [0.4, 0.5) is 0 Å². The Balaban J connectivity index is 1.29. The van der Waals surface area contributed by atoms with E-state index in [9.17, 15) is 13.2 Å². The summed E-state index contributed by atoms with van der Waals surface area (Å²) in [6.45, 7) is 5.19. The van der Waals surface area contributed by atoms with Gasteiger partial charge in [0.2, 0.25) is 15.9 Å². The zero-order chi connectivity index (χ0) is 23.4. The van der Waals surface area contributed by atoms with E-state index < -0.39 is 10.0 Å². The molecule has 0 bridgehead atoms. The molecular weight excluding hydrogens is 442 g/mol. The van der Waals surface area contributed by atoms with E-state index in [-0.39, 0.29) is 23.1 Å². The number of sulfonamides is 1. The molecule has 4 rings (SSSR count). The van der Waals surface area contributed by atoms with Crippen molar-refractivity contribution in [2.45, 2.75) is 38.0 Å². The molecule has 0 radical (unpaired) electrons. The predicted octanol–water partition coefficient (Wildman–Crippen LogP) is 3.53. The largest absolute Gasteiger partial charge is 0.493 e. The van der Waals surface area contributed by atoms with Gasteiger partial charge in [0.1, 0.15) is 16.3 Å². The van der Waals surface area contributed by atoms with Crippen molar-refractivity contribution < 1.29 is 22.5 Å². The van der Waals surface area contributed by atoms with E-state index in [1.54, 1.807) is 18.7 Å². The van der Waals surface area contributed by atoms with Crippen molar-refractivity contribution in [1.29, 1.82) is 0 Å². The Morgan fingerprint density at radius 2 is 1.85 bits per heavy atom. The summed E-state index contributed by atoms with van der Waals surface area (Å²) in [5, 5.41) is 5.94.